The molecule has 126 valence electrons. The molecule has 0 spiro atoms. The van der Waals surface area contributed by atoms with E-state index in [2.05, 4.69) is 34.6 Å². The van der Waals surface area contributed by atoms with Gasteiger partial charge in [-0.2, -0.15) is 0 Å². The minimum atomic E-state index is -0.0358. The maximum Gasteiger partial charge on any atom is 0.0807 e. The standard InChI is InChI=1S/C19H39NO/c1-6-7-8-9-10-16(2)21-19(15-20)13-11-17(12-14-19)18(3,4)5/h16-17H,6-15,20H2,1-5H3. The van der Waals surface area contributed by atoms with Crippen LogP contribution < -0.4 is 5.73 Å². The summed E-state index contributed by atoms with van der Waals surface area (Å²) in [5.41, 5.74) is 6.48. The van der Waals surface area contributed by atoms with Crippen LogP contribution in [0.5, 0.6) is 0 Å². The Morgan fingerprint density at radius 2 is 1.76 bits per heavy atom. The second-order valence-electron chi connectivity index (χ2n) is 8.31. The second kappa shape index (κ2) is 8.53. The fourth-order valence-electron chi connectivity index (χ4n) is 3.72. The van der Waals surface area contributed by atoms with E-state index >= 15 is 0 Å². The SMILES string of the molecule is CCCCCCC(C)OC1(CN)CCC(C(C)(C)C)CC1. The quantitative estimate of drug-likeness (QED) is 0.617. The summed E-state index contributed by atoms with van der Waals surface area (Å²) in [7, 11) is 0. The van der Waals surface area contributed by atoms with Crippen LogP contribution in [-0.4, -0.2) is 18.2 Å². The highest BCUT2D eigenvalue weighted by Crippen LogP contribution is 2.43. The molecule has 0 aliphatic heterocycles. The van der Waals surface area contributed by atoms with Crippen molar-refractivity contribution >= 4 is 0 Å². The number of hydrogen-bond acceptors (Lipinski definition) is 2. The van der Waals surface area contributed by atoms with E-state index in [0.29, 0.717) is 18.1 Å². The number of nitrogens with two attached hydrogens (primary N) is 1. The number of rotatable bonds is 8. The molecule has 1 aliphatic rings. The van der Waals surface area contributed by atoms with Crippen molar-refractivity contribution in [2.75, 3.05) is 6.54 Å². The first-order valence-electron chi connectivity index (χ1n) is 9.21. The van der Waals surface area contributed by atoms with Crippen LogP contribution in [-0.2, 0) is 4.74 Å². The van der Waals surface area contributed by atoms with E-state index in [0.717, 1.165) is 18.8 Å². The first-order valence-corrected chi connectivity index (χ1v) is 9.21. The van der Waals surface area contributed by atoms with Crippen molar-refractivity contribution < 1.29 is 4.74 Å². The van der Waals surface area contributed by atoms with Crippen molar-refractivity contribution in [3.05, 3.63) is 0 Å². The zero-order chi connectivity index (χ0) is 15.9. The highest BCUT2D eigenvalue weighted by molar-refractivity contribution is 4.92. The Bertz CT molecular complexity index is 274. The lowest BCUT2D eigenvalue weighted by Gasteiger charge is -2.44. The van der Waals surface area contributed by atoms with Gasteiger partial charge in [-0.05, 0) is 50.4 Å². The van der Waals surface area contributed by atoms with Crippen LogP contribution in [0.2, 0.25) is 0 Å². The van der Waals surface area contributed by atoms with Crippen molar-refractivity contribution in [2.24, 2.45) is 17.1 Å². The zero-order valence-electron chi connectivity index (χ0n) is 15.2. The fraction of sp³-hybridized carbons (Fsp3) is 1.00. The third-order valence-electron chi connectivity index (χ3n) is 5.41. The van der Waals surface area contributed by atoms with E-state index in [1.54, 1.807) is 0 Å². The summed E-state index contributed by atoms with van der Waals surface area (Å²) < 4.78 is 6.44. The largest absolute Gasteiger partial charge is 0.371 e. The van der Waals surface area contributed by atoms with Crippen molar-refractivity contribution in [2.45, 2.75) is 104 Å². The molecule has 1 saturated carbocycles. The average Bonchev–Trinajstić information content (AvgIpc) is 2.43. The molecule has 0 saturated heterocycles. The molecule has 21 heavy (non-hydrogen) atoms. The summed E-state index contributed by atoms with van der Waals surface area (Å²) in [5, 5.41) is 0. The monoisotopic (exact) mass is 297 g/mol. The van der Waals surface area contributed by atoms with Crippen molar-refractivity contribution in [1.29, 1.82) is 0 Å². The first kappa shape index (κ1) is 19.0. The lowest BCUT2D eigenvalue weighted by molar-refractivity contribution is -0.116. The number of hydrogen-bond donors (Lipinski definition) is 1. The molecule has 0 aromatic carbocycles. The van der Waals surface area contributed by atoms with E-state index in [1.165, 1.54) is 44.9 Å². The summed E-state index contributed by atoms with van der Waals surface area (Å²) in [5.74, 6) is 0.820. The van der Waals surface area contributed by atoms with Gasteiger partial charge < -0.3 is 10.5 Å². The lowest BCUT2D eigenvalue weighted by atomic mass is 9.68. The molecule has 0 bridgehead atoms. The van der Waals surface area contributed by atoms with Crippen molar-refractivity contribution in [3.8, 4) is 0 Å². The van der Waals surface area contributed by atoms with Crippen LogP contribution in [0, 0.1) is 11.3 Å². The van der Waals surface area contributed by atoms with Gasteiger partial charge in [-0.1, -0.05) is 53.4 Å². The Hall–Kier alpha value is -0.0800. The van der Waals surface area contributed by atoms with Crippen molar-refractivity contribution in [3.63, 3.8) is 0 Å². The molecule has 0 aromatic heterocycles. The van der Waals surface area contributed by atoms with Gasteiger partial charge in [0.2, 0.25) is 0 Å². The van der Waals surface area contributed by atoms with Crippen LogP contribution in [0.25, 0.3) is 0 Å². The predicted molar refractivity (Wildman–Crippen MR) is 92.5 cm³/mol. The molecular weight excluding hydrogens is 258 g/mol. The predicted octanol–water partition coefficient (Wildman–Crippen LogP) is 5.30. The number of unbranched alkanes of at least 4 members (excludes halogenated alkanes) is 3. The molecule has 2 nitrogen and oxygen atoms in total. The third-order valence-corrected chi connectivity index (χ3v) is 5.41. The summed E-state index contributed by atoms with van der Waals surface area (Å²) in [6, 6.07) is 0. The Kier molecular flexibility index (Phi) is 7.70. The molecule has 2 N–H and O–H groups in total. The van der Waals surface area contributed by atoms with Gasteiger partial charge in [-0.15, -0.1) is 0 Å². The minimum absolute atomic E-state index is 0.0358. The lowest BCUT2D eigenvalue weighted by Crippen LogP contribution is -2.47. The molecule has 0 radical (unpaired) electrons. The Morgan fingerprint density at radius 1 is 1.14 bits per heavy atom. The minimum Gasteiger partial charge on any atom is -0.371 e. The molecule has 0 heterocycles. The van der Waals surface area contributed by atoms with Crippen LogP contribution in [0.3, 0.4) is 0 Å². The molecule has 1 rings (SSSR count). The van der Waals surface area contributed by atoms with E-state index < -0.39 is 0 Å². The molecule has 0 aromatic rings. The van der Waals surface area contributed by atoms with E-state index in [-0.39, 0.29) is 5.60 Å². The number of ether oxygens (including phenoxy) is 1. The van der Waals surface area contributed by atoms with E-state index in [1.807, 2.05) is 0 Å². The average molecular weight is 298 g/mol. The zero-order valence-corrected chi connectivity index (χ0v) is 15.2. The van der Waals surface area contributed by atoms with Gasteiger partial charge in [0.15, 0.2) is 0 Å². The van der Waals surface area contributed by atoms with Crippen molar-refractivity contribution in [1.82, 2.24) is 0 Å². The summed E-state index contributed by atoms with van der Waals surface area (Å²) in [6.07, 6.45) is 11.6. The topological polar surface area (TPSA) is 35.2 Å². The highest BCUT2D eigenvalue weighted by Gasteiger charge is 2.39. The van der Waals surface area contributed by atoms with Gasteiger partial charge in [0.1, 0.15) is 0 Å². The summed E-state index contributed by atoms with van der Waals surface area (Å²) in [6.45, 7) is 12.3. The second-order valence-corrected chi connectivity index (χ2v) is 8.31. The Balaban J connectivity index is 2.40. The van der Waals surface area contributed by atoms with Gasteiger partial charge in [-0.25, -0.2) is 0 Å². The van der Waals surface area contributed by atoms with Crippen LogP contribution in [0.1, 0.15) is 92.4 Å². The molecule has 1 unspecified atom stereocenters. The third kappa shape index (κ3) is 6.28. The van der Waals surface area contributed by atoms with Gasteiger partial charge in [0.05, 0.1) is 11.7 Å². The van der Waals surface area contributed by atoms with Gasteiger partial charge in [-0.3, -0.25) is 0 Å². The van der Waals surface area contributed by atoms with E-state index in [9.17, 15) is 0 Å². The molecular formula is C19H39NO. The molecule has 1 fully saturated rings. The summed E-state index contributed by atoms with van der Waals surface area (Å²) in [4.78, 5) is 0. The normalized spacial score (nSPS) is 28.6. The molecule has 1 aliphatic carbocycles. The Morgan fingerprint density at radius 3 is 2.24 bits per heavy atom. The Labute approximate surface area is 133 Å². The molecule has 0 amide bonds. The first-order chi connectivity index (χ1) is 9.83. The fourth-order valence-corrected chi connectivity index (χ4v) is 3.72. The maximum absolute atomic E-state index is 6.44. The van der Waals surface area contributed by atoms with Crippen LogP contribution in [0.15, 0.2) is 0 Å². The highest BCUT2D eigenvalue weighted by atomic mass is 16.5. The van der Waals surface area contributed by atoms with Gasteiger partial charge >= 0.3 is 0 Å². The van der Waals surface area contributed by atoms with Gasteiger partial charge in [0.25, 0.3) is 0 Å². The van der Waals surface area contributed by atoms with Gasteiger partial charge in [0, 0.05) is 6.54 Å². The van der Waals surface area contributed by atoms with E-state index in [4.69, 9.17) is 10.5 Å². The van der Waals surface area contributed by atoms with Crippen LogP contribution >= 0.6 is 0 Å². The smallest absolute Gasteiger partial charge is 0.0807 e. The molecule has 2 heteroatoms. The molecule has 1 atom stereocenters. The van der Waals surface area contributed by atoms with Crippen LogP contribution in [0.4, 0.5) is 0 Å². The summed E-state index contributed by atoms with van der Waals surface area (Å²) >= 11 is 0. The maximum atomic E-state index is 6.44.